The summed E-state index contributed by atoms with van der Waals surface area (Å²) in [5, 5.41) is 3.28. The van der Waals surface area contributed by atoms with Gasteiger partial charge in [0.05, 0.1) is 7.11 Å². The van der Waals surface area contributed by atoms with E-state index in [2.05, 4.69) is 32.2 Å². The van der Waals surface area contributed by atoms with Gasteiger partial charge in [0.25, 0.3) is 0 Å². The Bertz CT molecular complexity index is 522. The van der Waals surface area contributed by atoms with Crippen LogP contribution >= 0.6 is 0 Å². The number of hydrogen-bond acceptors (Lipinski definition) is 3. The van der Waals surface area contributed by atoms with Crippen molar-refractivity contribution in [2.75, 3.05) is 33.3 Å². The molecule has 1 aliphatic rings. The van der Waals surface area contributed by atoms with Gasteiger partial charge in [-0.1, -0.05) is 13.0 Å². The van der Waals surface area contributed by atoms with Gasteiger partial charge in [0, 0.05) is 32.6 Å². The molecule has 1 N–H and O–H groups in total. The molecule has 4 heteroatoms. The number of methoxy groups -OCH3 is 1. The van der Waals surface area contributed by atoms with Crippen molar-refractivity contribution in [2.24, 2.45) is 0 Å². The van der Waals surface area contributed by atoms with Gasteiger partial charge in [-0.05, 0) is 48.9 Å². The van der Waals surface area contributed by atoms with E-state index in [0.717, 1.165) is 38.3 Å². The van der Waals surface area contributed by atoms with E-state index >= 15 is 0 Å². The fourth-order valence-corrected chi connectivity index (χ4v) is 3.14. The van der Waals surface area contributed by atoms with Crippen molar-refractivity contribution in [1.29, 1.82) is 0 Å². The molecule has 1 aromatic carbocycles. The van der Waals surface area contributed by atoms with Crippen LogP contribution in [0.4, 0.5) is 0 Å². The van der Waals surface area contributed by atoms with Crippen molar-refractivity contribution < 1.29 is 9.53 Å². The molecule has 0 aliphatic carbocycles. The minimum Gasteiger partial charge on any atom is -0.496 e. The fourth-order valence-electron chi connectivity index (χ4n) is 3.14. The molecular formula is C18H28N2O2. The Morgan fingerprint density at radius 3 is 2.59 bits per heavy atom. The molecule has 1 saturated heterocycles. The van der Waals surface area contributed by atoms with Crippen molar-refractivity contribution >= 4 is 5.91 Å². The molecule has 1 aromatic rings. The minimum absolute atomic E-state index is 0.288. The van der Waals surface area contributed by atoms with Gasteiger partial charge in [-0.3, -0.25) is 4.79 Å². The van der Waals surface area contributed by atoms with Crippen LogP contribution in [0.25, 0.3) is 0 Å². The van der Waals surface area contributed by atoms with Crippen LogP contribution in [-0.4, -0.2) is 44.1 Å². The van der Waals surface area contributed by atoms with Crippen LogP contribution in [0.5, 0.6) is 5.75 Å². The predicted molar refractivity (Wildman–Crippen MR) is 89.6 cm³/mol. The van der Waals surface area contributed by atoms with E-state index in [1.54, 1.807) is 7.11 Å². The van der Waals surface area contributed by atoms with Gasteiger partial charge < -0.3 is 15.0 Å². The number of benzene rings is 1. The standard InChI is InChI=1S/C18H28N2O2/c1-13(5-8-18(21)20-11-9-19-10-12-20)16-6-7-17(22-4)15(3)14(16)2/h6-7,13,19H,5,8-12H2,1-4H3. The first kappa shape index (κ1) is 16.8. The average Bonchev–Trinajstić information content (AvgIpc) is 2.55. The Hall–Kier alpha value is -1.55. The molecule has 1 heterocycles. The lowest BCUT2D eigenvalue weighted by molar-refractivity contribution is -0.131. The summed E-state index contributed by atoms with van der Waals surface area (Å²) in [6.45, 7) is 9.95. The quantitative estimate of drug-likeness (QED) is 0.909. The van der Waals surface area contributed by atoms with Gasteiger partial charge in [-0.2, -0.15) is 0 Å². The van der Waals surface area contributed by atoms with E-state index in [4.69, 9.17) is 4.74 Å². The van der Waals surface area contributed by atoms with Gasteiger partial charge in [0.1, 0.15) is 5.75 Å². The lowest BCUT2D eigenvalue weighted by atomic mass is 9.90. The SMILES string of the molecule is COc1ccc(C(C)CCC(=O)N2CCNCC2)c(C)c1C. The smallest absolute Gasteiger partial charge is 0.222 e. The van der Waals surface area contributed by atoms with Crippen LogP contribution in [-0.2, 0) is 4.79 Å². The van der Waals surface area contributed by atoms with Gasteiger partial charge in [0.2, 0.25) is 5.91 Å². The molecule has 2 rings (SSSR count). The van der Waals surface area contributed by atoms with Crippen molar-refractivity contribution in [3.8, 4) is 5.75 Å². The second-order valence-corrected chi connectivity index (χ2v) is 6.18. The zero-order valence-electron chi connectivity index (χ0n) is 14.2. The molecule has 0 aromatic heterocycles. The Morgan fingerprint density at radius 2 is 1.95 bits per heavy atom. The van der Waals surface area contributed by atoms with Crippen LogP contribution in [0.2, 0.25) is 0 Å². The molecular weight excluding hydrogens is 276 g/mol. The fraction of sp³-hybridized carbons (Fsp3) is 0.611. The molecule has 1 amide bonds. The zero-order chi connectivity index (χ0) is 16.1. The summed E-state index contributed by atoms with van der Waals surface area (Å²) in [5.41, 5.74) is 3.80. The Balaban J connectivity index is 1.96. The lowest BCUT2D eigenvalue weighted by Crippen LogP contribution is -2.46. The second kappa shape index (κ2) is 7.63. The van der Waals surface area contributed by atoms with Crippen LogP contribution in [0.3, 0.4) is 0 Å². The number of nitrogens with one attached hydrogen (secondary N) is 1. The Kier molecular flexibility index (Phi) is 5.83. The topological polar surface area (TPSA) is 41.6 Å². The third-order valence-corrected chi connectivity index (χ3v) is 4.79. The molecule has 0 saturated carbocycles. The van der Waals surface area contributed by atoms with Crippen molar-refractivity contribution in [2.45, 2.75) is 39.5 Å². The summed E-state index contributed by atoms with van der Waals surface area (Å²) in [4.78, 5) is 14.2. The van der Waals surface area contributed by atoms with Crippen LogP contribution in [0.1, 0.15) is 42.4 Å². The number of ether oxygens (including phenoxy) is 1. The maximum Gasteiger partial charge on any atom is 0.222 e. The highest BCUT2D eigenvalue weighted by atomic mass is 16.5. The number of carbonyl (C=O) groups is 1. The first-order valence-corrected chi connectivity index (χ1v) is 8.17. The summed E-state index contributed by atoms with van der Waals surface area (Å²) >= 11 is 0. The van der Waals surface area contributed by atoms with E-state index in [9.17, 15) is 4.79 Å². The van der Waals surface area contributed by atoms with Gasteiger partial charge >= 0.3 is 0 Å². The first-order chi connectivity index (χ1) is 10.5. The molecule has 22 heavy (non-hydrogen) atoms. The van der Waals surface area contributed by atoms with Crippen molar-refractivity contribution in [3.63, 3.8) is 0 Å². The molecule has 1 atom stereocenters. The minimum atomic E-state index is 0.288. The summed E-state index contributed by atoms with van der Waals surface area (Å²) in [5.74, 6) is 1.61. The summed E-state index contributed by atoms with van der Waals surface area (Å²) in [7, 11) is 1.71. The number of hydrogen-bond donors (Lipinski definition) is 1. The maximum absolute atomic E-state index is 12.3. The Morgan fingerprint density at radius 1 is 1.27 bits per heavy atom. The summed E-state index contributed by atoms with van der Waals surface area (Å²) in [6, 6.07) is 4.17. The number of piperazine rings is 1. The van der Waals surface area contributed by atoms with Crippen LogP contribution in [0.15, 0.2) is 12.1 Å². The van der Waals surface area contributed by atoms with Gasteiger partial charge in [-0.25, -0.2) is 0 Å². The zero-order valence-corrected chi connectivity index (χ0v) is 14.2. The maximum atomic E-state index is 12.3. The Labute approximate surface area is 133 Å². The molecule has 1 fully saturated rings. The number of carbonyl (C=O) groups excluding carboxylic acids is 1. The number of rotatable bonds is 5. The largest absolute Gasteiger partial charge is 0.496 e. The first-order valence-electron chi connectivity index (χ1n) is 8.17. The molecule has 0 radical (unpaired) electrons. The van der Waals surface area contributed by atoms with Gasteiger partial charge in [0.15, 0.2) is 0 Å². The summed E-state index contributed by atoms with van der Waals surface area (Å²) < 4.78 is 5.37. The normalized spacial score (nSPS) is 16.5. The van der Waals surface area contributed by atoms with Crippen LogP contribution in [0, 0.1) is 13.8 Å². The molecule has 122 valence electrons. The average molecular weight is 304 g/mol. The second-order valence-electron chi connectivity index (χ2n) is 6.18. The predicted octanol–water partition coefficient (Wildman–Crippen LogP) is 2.63. The third-order valence-electron chi connectivity index (χ3n) is 4.79. The highest BCUT2D eigenvalue weighted by Gasteiger charge is 2.18. The summed E-state index contributed by atoms with van der Waals surface area (Å²) in [6.07, 6.45) is 1.53. The molecule has 1 aliphatic heterocycles. The van der Waals surface area contributed by atoms with Crippen molar-refractivity contribution in [1.82, 2.24) is 10.2 Å². The monoisotopic (exact) mass is 304 g/mol. The number of nitrogens with zero attached hydrogens (tertiary/aromatic N) is 1. The van der Waals surface area contributed by atoms with E-state index < -0.39 is 0 Å². The van der Waals surface area contributed by atoms with Gasteiger partial charge in [-0.15, -0.1) is 0 Å². The molecule has 0 bridgehead atoms. The van der Waals surface area contributed by atoms with E-state index in [1.807, 2.05) is 11.0 Å². The highest BCUT2D eigenvalue weighted by molar-refractivity contribution is 5.76. The van der Waals surface area contributed by atoms with E-state index in [1.165, 1.54) is 16.7 Å². The number of amides is 1. The lowest BCUT2D eigenvalue weighted by Gasteiger charge is -2.28. The molecule has 4 nitrogen and oxygen atoms in total. The van der Waals surface area contributed by atoms with E-state index in [0.29, 0.717) is 12.3 Å². The van der Waals surface area contributed by atoms with E-state index in [-0.39, 0.29) is 5.91 Å². The third kappa shape index (κ3) is 3.80. The molecule has 0 spiro atoms. The molecule has 1 unspecified atom stereocenters. The highest BCUT2D eigenvalue weighted by Crippen LogP contribution is 2.30. The van der Waals surface area contributed by atoms with Crippen LogP contribution < -0.4 is 10.1 Å². The van der Waals surface area contributed by atoms with Crippen molar-refractivity contribution in [3.05, 3.63) is 28.8 Å².